The highest BCUT2D eigenvalue weighted by atomic mass is 19.1. The van der Waals surface area contributed by atoms with E-state index in [2.05, 4.69) is 10.3 Å². The number of anilines is 1. The van der Waals surface area contributed by atoms with Gasteiger partial charge in [0.2, 0.25) is 0 Å². The third kappa shape index (κ3) is 2.19. The van der Waals surface area contributed by atoms with Crippen LogP contribution in [-0.4, -0.2) is 20.8 Å². The number of benzene rings is 1. The lowest BCUT2D eigenvalue weighted by molar-refractivity contribution is 0.0949. The van der Waals surface area contributed by atoms with Gasteiger partial charge < -0.3 is 10.3 Å². The summed E-state index contributed by atoms with van der Waals surface area (Å²) in [6.07, 6.45) is 5.60. The zero-order valence-electron chi connectivity index (χ0n) is 12.3. The molecule has 2 N–H and O–H groups in total. The molecule has 6 nitrogen and oxygen atoms in total. The lowest BCUT2D eigenvalue weighted by atomic mass is 10.0. The molecule has 3 aromatic rings. The predicted molar refractivity (Wildman–Crippen MR) is 81.5 cm³/mol. The molecule has 1 fully saturated rings. The summed E-state index contributed by atoms with van der Waals surface area (Å²) in [6.45, 7) is 0. The van der Waals surface area contributed by atoms with E-state index in [-0.39, 0.29) is 17.6 Å². The number of nitrogens with two attached hydrogens (primary N) is 1. The average Bonchev–Trinajstić information content (AvgIpc) is 3.26. The van der Waals surface area contributed by atoms with Gasteiger partial charge >= 0.3 is 0 Å². The molecule has 0 spiro atoms. The van der Waals surface area contributed by atoms with E-state index in [1.807, 2.05) is 0 Å². The highest BCUT2D eigenvalue weighted by molar-refractivity contribution is 6.03. The maximum Gasteiger partial charge on any atom is 0.284 e. The van der Waals surface area contributed by atoms with Crippen LogP contribution in [0.4, 0.5) is 10.2 Å². The Hall–Kier alpha value is -2.70. The molecule has 1 saturated carbocycles. The molecule has 0 amide bonds. The van der Waals surface area contributed by atoms with Crippen molar-refractivity contribution < 1.29 is 13.7 Å². The molecule has 118 valence electrons. The largest absolute Gasteiger partial charge is 0.382 e. The lowest BCUT2D eigenvalue weighted by Crippen LogP contribution is -2.16. The summed E-state index contributed by atoms with van der Waals surface area (Å²) in [6, 6.07) is 4.04. The number of aromatic nitrogens is 3. The molecule has 1 aliphatic rings. The summed E-state index contributed by atoms with van der Waals surface area (Å²) in [5, 5.41) is 8.49. The maximum atomic E-state index is 13.4. The number of carbonyl (C=O) groups excluding carboxylic acids is 1. The Balaban J connectivity index is 1.80. The summed E-state index contributed by atoms with van der Waals surface area (Å²) in [5.74, 6) is -0.426. The number of hydrogen-bond acceptors (Lipinski definition) is 5. The number of nitrogen functional groups attached to an aromatic ring is 1. The second kappa shape index (κ2) is 5.19. The first-order chi connectivity index (χ1) is 11.1. The monoisotopic (exact) mass is 314 g/mol. The van der Waals surface area contributed by atoms with E-state index in [0.29, 0.717) is 22.2 Å². The molecule has 0 atom stereocenters. The van der Waals surface area contributed by atoms with Gasteiger partial charge in [-0.3, -0.25) is 4.79 Å². The number of rotatable bonds is 2. The molecule has 0 unspecified atom stereocenters. The molecule has 1 aliphatic carbocycles. The fourth-order valence-electron chi connectivity index (χ4n) is 3.28. The zero-order valence-corrected chi connectivity index (χ0v) is 12.3. The molecular weight excluding hydrogens is 299 g/mol. The molecule has 4 rings (SSSR count). The minimum atomic E-state index is -0.423. The summed E-state index contributed by atoms with van der Waals surface area (Å²) in [4.78, 5) is 12.8. The van der Waals surface area contributed by atoms with Gasteiger partial charge in [0.15, 0.2) is 5.82 Å². The molecule has 2 aromatic heterocycles. The van der Waals surface area contributed by atoms with Crippen LogP contribution in [-0.2, 0) is 0 Å². The Morgan fingerprint density at radius 1 is 1.35 bits per heavy atom. The van der Waals surface area contributed by atoms with E-state index >= 15 is 0 Å². The quantitative estimate of drug-likeness (QED) is 0.785. The second-order valence-electron chi connectivity index (χ2n) is 5.86. The van der Waals surface area contributed by atoms with Crippen LogP contribution in [0.1, 0.15) is 47.7 Å². The Morgan fingerprint density at radius 3 is 2.91 bits per heavy atom. The Kier molecular flexibility index (Phi) is 3.14. The summed E-state index contributed by atoms with van der Waals surface area (Å²) in [7, 11) is 0. The molecule has 0 bridgehead atoms. The molecule has 0 saturated heterocycles. The van der Waals surface area contributed by atoms with E-state index in [9.17, 15) is 9.18 Å². The third-order valence-electron chi connectivity index (χ3n) is 4.43. The average molecular weight is 314 g/mol. The number of hydrogen-bond donors (Lipinski definition) is 1. The van der Waals surface area contributed by atoms with Crippen LogP contribution in [0, 0.1) is 5.82 Å². The number of nitrogens with zero attached hydrogens (tertiary/aromatic N) is 3. The second-order valence-corrected chi connectivity index (χ2v) is 5.86. The molecule has 0 aliphatic heterocycles. The van der Waals surface area contributed by atoms with Crippen LogP contribution >= 0.6 is 0 Å². The highest BCUT2D eigenvalue weighted by Gasteiger charge is 2.28. The van der Waals surface area contributed by atoms with Crippen LogP contribution in [0.3, 0.4) is 0 Å². The summed E-state index contributed by atoms with van der Waals surface area (Å²) < 4.78 is 19.6. The topological polar surface area (TPSA) is 86.9 Å². The smallest absolute Gasteiger partial charge is 0.284 e. The highest BCUT2D eigenvalue weighted by Crippen LogP contribution is 2.35. The Labute approximate surface area is 131 Å². The standard InChI is InChI=1S/C16H15FN4O2/c17-10-5-6-13-11(7-10)15(18)19-21(13)16(22)12-8-23-20-14(12)9-3-1-2-4-9/h5-9H,1-4H2,(H2,18,19). The van der Waals surface area contributed by atoms with Gasteiger partial charge in [0.25, 0.3) is 5.91 Å². The molecule has 23 heavy (non-hydrogen) atoms. The van der Waals surface area contributed by atoms with Crippen molar-refractivity contribution in [3.63, 3.8) is 0 Å². The van der Waals surface area contributed by atoms with Crippen molar-refractivity contribution >= 4 is 22.6 Å². The van der Waals surface area contributed by atoms with Crippen LogP contribution in [0.2, 0.25) is 0 Å². The van der Waals surface area contributed by atoms with Gasteiger partial charge in [0.05, 0.1) is 11.2 Å². The van der Waals surface area contributed by atoms with Gasteiger partial charge in [-0.25, -0.2) is 4.39 Å². The first-order valence-corrected chi connectivity index (χ1v) is 7.58. The van der Waals surface area contributed by atoms with E-state index in [1.54, 1.807) is 0 Å². The first kappa shape index (κ1) is 13.9. The predicted octanol–water partition coefficient (Wildman–Crippen LogP) is 3.09. The minimum absolute atomic E-state index is 0.117. The summed E-state index contributed by atoms with van der Waals surface area (Å²) >= 11 is 0. The summed E-state index contributed by atoms with van der Waals surface area (Å²) in [5.41, 5.74) is 7.34. The van der Waals surface area contributed by atoms with E-state index in [1.165, 1.54) is 29.1 Å². The fraction of sp³-hybridized carbons (Fsp3) is 0.312. The molecule has 1 aromatic carbocycles. The number of carbonyl (C=O) groups is 1. The van der Waals surface area contributed by atoms with Crippen molar-refractivity contribution in [1.29, 1.82) is 0 Å². The molecule has 2 heterocycles. The van der Waals surface area contributed by atoms with Gasteiger partial charge in [0.1, 0.15) is 17.6 Å². The van der Waals surface area contributed by atoms with Gasteiger partial charge in [-0.05, 0) is 31.0 Å². The zero-order chi connectivity index (χ0) is 16.0. The van der Waals surface area contributed by atoms with E-state index in [4.69, 9.17) is 10.3 Å². The number of halogens is 1. The fourth-order valence-corrected chi connectivity index (χ4v) is 3.28. The minimum Gasteiger partial charge on any atom is -0.382 e. The van der Waals surface area contributed by atoms with Crippen molar-refractivity contribution in [2.75, 3.05) is 5.73 Å². The van der Waals surface area contributed by atoms with E-state index < -0.39 is 5.82 Å². The van der Waals surface area contributed by atoms with E-state index in [0.717, 1.165) is 25.7 Å². The van der Waals surface area contributed by atoms with Crippen molar-refractivity contribution in [3.05, 3.63) is 41.5 Å². The third-order valence-corrected chi connectivity index (χ3v) is 4.43. The normalized spacial score (nSPS) is 15.5. The van der Waals surface area contributed by atoms with Gasteiger partial charge in [-0.15, -0.1) is 5.10 Å². The maximum absolute atomic E-state index is 13.4. The Bertz CT molecular complexity index is 893. The first-order valence-electron chi connectivity index (χ1n) is 7.58. The van der Waals surface area contributed by atoms with Crippen molar-refractivity contribution in [2.45, 2.75) is 31.6 Å². The lowest BCUT2D eigenvalue weighted by Gasteiger charge is -2.07. The van der Waals surface area contributed by atoms with Gasteiger partial charge in [-0.1, -0.05) is 18.0 Å². The van der Waals surface area contributed by atoms with Crippen LogP contribution < -0.4 is 5.73 Å². The molecule has 0 radical (unpaired) electrons. The molecule has 7 heteroatoms. The van der Waals surface area contributed by atoms with Crippen molar-refractivity contribution in [3.8, 4) is 0 Å². The molecular formula is C16H15FN4O2. The number of fused-ring (bicyclic) bond motifs is 1. The van der Waals surface area contributed by atoms with Crippen LogP contribution in [0.15, 0.2) is 29.0 Å². The van der Waals surface area contributed by atoms with Crippen molar-refractivity contribution in [2.24, 2.45) is 0 Å². The Morgan fingerprint density at radius 2 is 2.13 bits per heavy atom. The van der Waals surface area contributed by atoms with Gasteiger partial charge in [-0.2, -0.15) is 4.68 Å². The van der Waals surface area contributed by atoms with Gasteiger partial charge in [0, 0.05) is 11.3 Å². The van der Waals surface area contributed by atoms with Crippen LogP contribution in [0.5, 0.6) is 0 Å². The SMILES string of the molecule is Nc1nn(C(=O)c2conc2C2CCCC2)c2ccc(F)cc12. The van der Waals surface area contributed by atoms with Crippen molar-refractivity contribution in [1.82, 2.24) is 14.9 Å². The van der Waals surface area contributed by atoms with Crippen LogP contribution in [0.25, 0.3) is 10.9 Å².